The van der Waals surface area contributed by atoms with Gasteiger partial charge in [0.1, 0.15) is 5.75 Å². The van der Waals surface area contributed by atoms with E-state index in [1.807, 2.05) is 43.3 Å². The zero-order valence-corrected chi connectivity index (χ0v) is 14.4. The first-order valence-electron chi connectivity index (χ1n) is 7.70. The molecule has 3 aromatic rings. The van der Waals surface area contributed by atoms with Gasteiger partial charge >= 0.3 is 5.97 Å². The smallest absolute Gasteiger partial charge is 0.336 e. The maximum Gasteiger partial charge on any atom is 0.336 e. The summed E-state index contributed by atoms with van der Waals surface area (Å²) in [6.07, 6.45) is 8.25. The monoisotopic (exact) mass is 348 g/mol. The number of esters is 1. The number of aryl methyl sites for hydroxylation is 1. The van der Waals surface area contributed by atoms with Crippen LogP contribution in [0.15, 0.2) is 83.0 Å². The van der Waals surface area contributed by atoms with Gasteiger partial charge in [0.15, 0.2) is 0 Å². The molecule has 0 fully saturated rings. The summed E-state index contributed by atoms with van der Waals surface area (Å²) in [7, 11) is 0. The summed E-state index contributed by atoms with van der Waals surface area (Å²) in [5.41, 5.74) is 1.76. The quantitative estimate of drug-likeness (QED) is 0.384. The molecule has 0 radical (unpaired) electrons. The van der Waals surface area contributed by atoms with Gasteiger partial charge in [0, 0.05) is 34.5 Å². The first kappa shape index (κ1) is 16.9. The van der Waals surface area contributed by atoms with Gasteiger partial charge < -0.3 is 4.74 Å². The standard InChI is InChI=1S/C20H16N2O2S/c1-15-3-2-12-22-19(15)8-9-20(23)24-16-4-6-17(7-5-16)25-18-10-13-21-14-11-18/h2-14H,1H3/b9-8+. The molecule has 0 spiro atoms. The van der Waals surface area contributed by atoms with Crippen LogP contribution in [-0.4, -0.2) is 15.9 Å². The van der Waals surface area contributed by atoms with Crippen molar-refractivity contribution in [2.24, 2.45) is 0 Å². The van der Waals surface area contributed by atoms with Crippen LogP contribution in [0.5, 0.6) is 5.75 Å². The van der Waals surface area contributed by atoms with Crippen molar-refractivity contribution in [3.63, 3.8) is 0 Å². The van der Waals surface area contributed by atoms with Crippen LogP contribution < -0.4 is 4.74 Å². The van der Waals surface area contributed by atoms with Crippen molar-refractivity contribution >= 4 is 23.8 Å². The summed E-state index contributed by atoms with van der Waals surface area (Å²) >= 11 is 1.62. The molecule has 0 aliphatic heterocycles. The molecule has 3 rings (SSSR count). The SMILES string of the molecule is Cc1cccnc1/C=C/C(=O)Oc1ccc(Sc2ccncc2)cc1. The third-order valence-electron chi connectivity index (χ3n) is 3.35. The average Bonchev–Trinajstić information content (AvgIpc) is 2.64. The highest BCUT2D eigenvalue weighted by atomic mass is 32.2. The number of hydrogen-bond acceptors (Lipinski definition) is 5. The Bertz CT molecular complexity index is 878. The fourth-order valence-electron chi connectivity index (χ4n) is 2.09. The summed E-state index contributed by atoms with van der Waals surface area (Å²) in [6.45, 7) is 1.94. The van der Waals surface area contributed by atoms with Crippen LogP contribution in [0.4, 0.5) is 0 Å². The fraction of sp³-hybridized carbons (Fsp3) is 0.0500. The fourth-order valence-corrected chi connectivity index (χ4v) is 2.89. The van der Waals surface area contributed by atoms with Crippen molar-refractivity contribution in [2.45, 2.75) is 16.7 Å². The molecule has 1 aromatic carbocycles. The van der Waals surface area contributed by atoms with E-state index in [-0.39, 0.29) is 0 Å². The van der Waals surface area contributed by atoms with Crippen LogP contribution in [0.3, 0.4) is 0 Å². The van der Waals surface area contributed by atoms with E-state index in [1.54, 1.807) is 48.6 Å². The van der Waals surface area contributed by atoms with Crippen molar-refractivity contribution in [2.75, 3.05) is 0 Å². The Kier molecular flexibility index (Phi) is 5.59. The predicted molar refractivity (Wildman–Crippen MR) is 98.4 cm³/mol. The molecule has 0 bridgehead atoms. The van der Waals surface area contributed by atoms with Crippen LogP contribution in [0, 0.1) is 6.92 Å². The molecule has 0 amide bonds. The van der Waals surface area contributed by atoms with Crippen molar-refractivity contribution in [1.29, 1.82) is 0 Å². The number of aromatic nitrogens is 2. The Hall–Kier alpha value is -2.92. The van der Waals surface area contributed by atoms with Gasteiger partial charge in [-0.1, -0.05) is 17.8 Å². The summed E-state index contributed by atoms with van der Waals surface area (Å²) in [4.78, 5) is 22.3. The Labute approximate surface area is 150 Å². The Morgan fingerprint density at radius 1 is 1.00 bits per heavy atom. The molecule has 0 aliphatic carbocycles. The van der Waals surface area contributed by atoms with Crippen LogP contribution in [-0.2, 0) is 4.79 Å². The minimum absolute atomic E-state index is 0.431. The van der Waals surface area contributed by atoms with Crippen LogP contribution in [0.25, 0.3) is 6.08 Å². The minimum atomic E-state index is -0.431. The summed E-state index contributed by atoms with van der Waals surface area (Å²) in [6, 6.07) is 15.1. The molecule has 0 saturated carbocycles. The zero-order chi connectivity index (χ0) is 17.5. The van der Waals surface area contributed by atoms with E-state index in [0.29, 0.717) is 5.75 Å². The number of benzene rings is 1. The maximum absolute atomic E-state index is 11.9. The summed E-state index contributed by atoms with van der Waals surface area (Å²) in [5, 5.41) is 0. The van der Waals surface area contributed by atoms with Crippen molar-refractivity contribution in [3.8, 4) is 5.75 Å². The Morgan fingerprint density at radius 2 is 1.72 bits per heavy atom. The highest BCUT2D eigenvalue weighted by molar-refractivity contribution is 7.99. The molecular formula is C20H16N2O2S. The summed E-state index contributed by atoms with van der Waals surface area (Å²) < 4.78 is 5.31. The number of carbonyl (C=O) groups is 1. The van der Waals surface area contributed by atoms with E-state index in [4.69, 9.17) is 4.74 Å². The number of nitrogens with zero attached hydrogens (tertiary/aromatic N) is 2. The van der Waals surface area contributed by atoms with Crippen molar-refractivity contribution in [3.05, 3.63) is 84.5 Å². The molecule has 0 N–H and O–H groups in total. The number of pyridine rings is 2. The summed E-state index contributed by atoms with van der Waals surface area (Å²) in [5.74, 6) is 0.0751. The number of ether oxygens (including phenoxy) is 1. The second kappa shape index (κ2) is 8.26. The minimum Gasteiger partial charge on any atom is -0.423 e. The van der Waals surface area contributed by atoms with E-state index in [9.17, 15) is 4.79 Å². The van der Waals surface area contributed by atoms with Gasteiger partial charge in [-0.05, 0) is 61.0 Å². The van der Waals surface area contributed by atoms with Crippen LogP contribution in [0.2, 0.25) is 0 Å². The molecule has 2 heterocycles. The van der Waals surface area contributed by atoms with Gasteiger partial charge in [0.2, 0.25) is 0 Å². The van der Waals surface area contributed by atoms with E-state index in [2.05, 4.69) is 9.97 Å². The van der Waals surface area contributed by atoms with Gasteiger partial charge in [-0.25, -0.2) is 4.79 Å². The second-order valence-electron chi connectivity index (χ2n) is 5.22. The van der Waals surface area contributed by atoms with E-state index in [0.717, 1.165) is 21.0 Å². The number of carbonyl (C=O) groups excluding carboxylic acids is 1. The maximum atomic E-state index is 11.9. The molecule has 2 aromatic heterocycles. The first-order valence-corrected chi connectivity index (χ1v) is 8.52. The van der Waals surface area contributed by atoms with E-state index < -0.39 is 5.97 Å². The molecule has 0 saturated heterocycles. The lowest BCUT2D eigenvalue weighted by molar-refractivity contribution is -0.128. The topological polar surface area (TPSA) is 52.1 Å². The first-order chi connectivity index (χ1) is 12.2. The van der Waals surface area contributed by atoms with Crippen molar-refractivity contribution in [1.82, 2.24) is 9.97 Å². The molecule has 0 unspecified atom stereocenters. The van der Waals surface area contributed by atoms with Crippen molar-refractivity contribution < 1.29 is 9.53 Å². The molecule has 0 aliphatic rings. The van der Waals surface area contributed by atoms with Gasteiger partial charge in [-0.3, -0.25) is 9.97 Å². The Morgan fingerprint density at radius 3 is 2.44 bits per heavy atom. The van der Waals surface area contributed by atoms with Gasteiger partial charge in [-0.15, -0.1) is 0 Å². The highest BCUT2D eigenvalue weighted by Crippen LogP contribution is 2.28. The van der Waals surface area contributed by atoms with Crippen LogP contribution in [0.1, 0.15) is 11.3 Å². The molecule has 25 heavy (non-hydrogen) atoms. The van der Waals surface area contributed by atoms with Gasteiger partial charge in [0.05, 0.1) is 5.69 Å². The number of rotatable bonds is 5. The van der Waals surface area contributed by atoms with Gasteiger partial charge in [-0.2, -0.15) is 0 Å². The Balaban J connectivity index is 1.59. The molecule has 5 heteroatoms. The third kappa shape index (κ3) is 5.02. The highest BCUT2D eigenvalue weighted by Gasteiger charge is 2.03. The molecule has 0 atom stereocenters. The normalized spacial score (nSPS) is 10.8. The van der Waals surface area contributed by atoms with Gasteiger partial charge in [0.25, 0.3) is 0 Å². The molecule has 4 nitrogen and oxygen atoms in total. The third-order valence-corrected chi connectivity index (χ3v) is 4.37. The number of hydrogen-bond donors (Lipinski definition) is 0. The largest absolute Gasteiger partial charge is 0.423 e. The lowest BCUT2D eigenvalue weighted by Gasteiger charge is -2.04. The van der Waals surface area contributed by atoms with E-state index >= 15 is 0 Å². The molecular weight excluding hydrogens is 332 g/mol. The van der Waals surface area contributed by atoms with E-state index in [1.165, 1.54) is 6.08 Å². The second-order valence-corrected chi connectivity index (χ2v) is 6.36. The zero-order valence-electron chi connectivity index (χ0n) is 13.6. The lowest BCUT2D eigenvalue weighted by atomic mass is 10.2. The lowest BCUT2D eigenvalue weighted by Crippen LogP contribution is -2.03. The van der Waals surface area contributed by atoms with Crippen LogP contribution >= 0.6 is 11.8 Å². The molecule has 124 valence electrons. The average molecular weight is 348 g/mol. The predicted octanol–water partition coefficient (Wildman–Crippen LogP) is 4.56.